The molecule has 0 amide bonds. The van der Waals surface area contributed by atoms with E-state index in [9.17, 15) is 0 Å². The molecule has 8 rings (SSSR count). The molecule has 0 aliphatic carbocycles. The average Bonchev–Trinajstić information content (AvgIpc) is 3.71. The van der Waals surface area contributed by atoms with Crippen molar-refractivity contribution < 1.29 is 23.3 Å². The summed E-state index contributed by atoms with van der Waals surface area (Å²) in [6.07, 6.45) is 0. The van der Waals surface area contributed by atoms with Gasteiger partial charge < -0.3 is 14.9 Å². The third-order valence-electron chi connectivity index (χ3n) is 8.85. The Morgan fingerprint density at radius 3 is 1.94 bits per heavy atom. The Balaban J connectivity index is 0.000000208. The number of hydrogen-bond donors (Lipinski definition) is 0. The van der Waals surface area contributed by atoms with Crippen molar-refractivity contribution in [2.75, 3.05) is 0 Å². The predicted octanol–water partition coefficient (Wildman–Crippen LogP) is 13.0. The quantitative estimate of drug-likeness (QED) is 0.0977. The maximum atomic E-state index is 3.06. The van der Waals surface area contributed by atoms with Gasteiger partial charge in [-0.15, -0.1) is 68.6 Å². The summed E-state index contributed by atoms with van der Waals surface area (Å²) in [6.45, 7) is 11.9. The second-order valence-corrected chi connectivity index (χ2v) is 12.1. The van der Waals surface area contributed by atoms with Gasteiger partial charge in [0.15, 0.2) is 0 Å². The van der Waals surface area contributed by atoms with E-state index in [4.69, 9.17) is 0 Å². The first-order valence-corrected chi connectivity index (χ1v) is 19.7. The molecule has 0 aliphatic heterocycles. The molecule has 0 atom stereocenters. The molecule has 0 aliphatic rings. The molecule has 0 spiro atoms. The first-order chi connectivity index (χ1) is 22.0. The van der Waals surface area contributed by atoms with Crippen LogP contribution in [0.25, 0.3) is 65.3 Å². The molecule has 0 nitrogen and oxygen atoms in total. The van der Waals surface area contributed by atoms with Crippen molar-refractivity contribution in [1.82, 2.24) is 0 Å². The number of benzene rings is 6. The molecule has 0 saturated heterocycles. The fourth-order valence-corrected chi connectivity index (χ4v) is 6.56. The van der Waals surface area contributed by atoms with Crippen LogP contribution in [-0.4, -0.2) is 6.88 Å². The summed E-state index contributed by atoms with van der Waals surface area (Å²) in [5.74, 6) is 0.548. The minimum absolute atomic E-state index is 0. The maximum absolute atomic E-state index is 3.06. The van der Waals surface area contributed by atoms with E-state index < -0.39 is 0 Å². The van der Waals surface area contributed by atoms with E-state index in [2.05, 4.69) is 174 Å². The van der Waals surface area contributed by atoms with Gasteiger partial charge in [-0.05, 0) is 38.6 Å². The molecule has 234 valence electrons. The molecule has 0 fully saturated rings. The molecule has 0 aromatic heterocycles. The first-order valence-electron chi connectivity index (χ1n) is 15.6. The summed E-state index contributed by atoms with van der Waals surface area (Å²) in [7, 11) is 0. The minimum atomic E-state index is 0. The van der Waals surface area contributed by atoms with E-state index in [0.29, 0.717) is 5.92 Å². The summed E-state index contributed by atoms with van der Waals surface area (Å²) >= 11 is 1.36. The monoisotopic (exact) mass is 700 g/mol. The van der Waals surface area contributed by atoms with Crippen LogP contribution in [0.5, 0.6) is 0 Å². The Bertz CT molecular complexity index is 2250. The van der Waals surface area contributed by atoms with Gasteiger partial charge in [0.2, 0.25) is 0 Å². The summed E-state index contributed by atoms with van der Waals surface area (Å²) in [5.41, 5.74) is 9.38. The molecular formula is C45H42SiZr-4. The van der Waals surface area contributed by atoms with Gasteiger partial charge in [-0.3, -0.25) is 0 Å². The van der Waals surface area contributed by atoms with Gasteiger partial charge in [-0.1, -0.05) is 136 Å². The molecule has 8 aromatic carbocycles. The van der Waals surface area contributed by atoms with Gasteiger partial charge in [0.1, 0.15) is 0 Å². The first kappa shape index (κ1) is 36.0. The van der Waals surface area contributed by atoms with Crippen molar-refractivity contribution in [2.24, 2.45) is 0 Å². The molecule has 2 heteroatoms. The van der Waals surface area contributed by atoms with Crippen molar-refractivity contribution in [1.29, 1.82) is 0 Å². The van der Waals surface area contributed by atoms with E-state index in [1.807, 2.05) is 0 Å². The van der Waals surface area contributed by atoms with Crippen LogP contribution in [0.3, 0.4) is 0 Å². The molecule has 0 heterocycles. The zero-order chi connectivity index (χ0) is 31.5. The third-order valence-corrected chi connectivity index (χ3v) is 8.85. The Kier molecular flexibility index (Phi) is 12.1. The molecular weight excluding hydrogens is 660 g/mol. The third kappa shape index (κ3) is 7.20. The molecule has 8 aromatic rings. The van der Waals surface area contributed by atoms with Crippen molar-refractivity contribution in [2.45, 2.75) is 33.6 Å². The molecule has 2 radical (unpaired) electrons. The van der Waals surface area contributed by atoms with Crippen LogP contribution in [0.2, 0.25) is 0 Å². The molecule has 0 bridgehead atoms. The molecule has 47 heavy (non-hydrogen) atoms. The Hall–Kier alpha value is -3.84. The van der Waals surface area contributed by atoms with Gasteiger partial charge in [0.25, 0.3) is 0 Å². The zero-order valence-electron chi connectivity index (χ0n) is 28.4. The summed E-state index contributed by atoms with van der Waals surface area (Å²) < 4.78 is 0. The van der Waals surface area contributed by atoms with E-state index >= 15 is 0 Å². The molecule has 0 saturated carbocycles. The van der Waals surface area contributed by atoms with Gasteiger partial charge in [-0.2, -0.15) is 12.1 Å². The summed E-state index contributed by atoms with van der Waals surface area (Å²) in [5, 5.41) is 10.7. The molecule has 0 unspecified atom stereocenters. The van der Waals surface area contributed by atoms with Gasteiger partial charge in [0, 0.05) is 0 Å². The van der Waals surface area contributed by atoms with Crippen LogP contribution in [0.4, 0.5) is 0 Å². The fraction of sp³-hybridized carbons (Fsp3) is 0.111. The average molecular weight is 702 g/mol. The second kappa shape index (κ2) is 15.8. The topological polar surface area (TPSA) is 0 Å². The van der Waals surface area contributed by atoms with Crippen LogP contribution in [0.15, 0.2) is 140 Å². The van der Waals surface area contributed by atoms with Crippen molar-refractivity contribution >= 4 is 50.0 Å². The predicted molar refractivity (Wildman–Crippen MR) is 207 cm³/mol. The number of hydrogen-bond acceptors (Lipinski definition) is 0. The van der Waals surface area contributed by atoms with E-state index in [1.165, 1.54) is 105 Å². The number of aryl methyl sites for hydroxylation is 2. The Morgan fingerprint density at radius 1 is 0.532 bits per heavy atom. The van der Waals surface area contributed by atoms with Crippen LogP contribution in [-0.2, 0) is 23.3 Å². The SMILES string of the molecule is CC(C)c1cc2c(-c3cccc4c3ccc3ccccc34)cccc2[cH-]1.Cc1cc2c(-c3ccccc3)ccc(C)c2[cH-]1.[CH3-].[CH3-].[Si]=[Zr]. The van der Waals surface area contributed by atoms with E-state index in [-0.39, 0.29) is 14.9 Å². The zero-order valence-corrected chi connectivity index (χ0v) is 31.8. The van der Waals surface area contributed by atoms with Crippen LogP contribution in [0.1, 0.15) is 36.5 Å². The van der Waals surface area contributed by atoms with Crippen LogP contribution < -0.4 is 0 Å². The Labute approximate surface area is 298 Å². The van der Waals surface area contributed by atoms with Gasteiger partial charge >= 0.3 is 30.2 Å². The van der Waals surface area contributed by atoms with Crippen molar-refractivity contribution in [3.8, 4) is 22.3 Å². The second-order valence-electron chi connectivity index (χ2n) is 12.1. The Morgan fingerprint density at radius 2 is 1.19 bits per heavy atom. The fourth-order valence-electron chi connectivity index (χ4n) is 6.56. The number of rotatable bonds is 3. The van der Waals surface area contributed by atoms with E-state index in [0.717, 1.165) is 0 Å². The van der Waals surface area contributed by atoms with Gasteiger partial charge in [-0.25, -0.2) is 0 Å². The summed E-state index contributed by atoms with van der Waals surface area (Å²) in [6, 6.07) is 50.8. The van der Waals surface area contributed by atoms with Crippen LogP contribution in [0, 0.1) is 28.7 Å². The van der Waals surface area contributed by atoms with Crippen molar-refractivity contribution in [3.05, 3.63) is 171 Å². The standard InChI is InChI=1S/C26H21.C17H15.2CH3.Si.Zr/c1-17(2)20-15-19-8-5-10-24(26(19)16-20)23-12-6-11-22-21-9-4-3-7-18(21)13-14-25(22)23;1-12-10-16-13(2)8-9-15(17(16)11-12)14-6-4-3-5-7-14;;;;/h3-17H,1-2H3;3-11H,1-2H3;2*1H3;;/q4*-1;;. The number of fused-ring (bicyclic) bond motifs is 5. The van der Waals surface area contributed by atoms with E-state index in [1.54, 1.807) is 0 Å². The summed E-state index contributed by atoms with van der Waals surface area (Å²) in [4.78, 5) is 0. The molecule has 0 N–H and O–H groups in total. The van der Waals surface area contributed by atoms with Gasteiger partial charge in [0.05, 0.1) is 0 Å². The van der Waals surface area contributed by atoms with Crippen LogP contribution >= 0.6 is 0 Å². The van der Waals surface area contributed by atoms with Crippen molar-refractivity contribution in [3.63, 3.8) is 0 Å². The normalized spacial score (nSPS) is 10.6.